The van der Waals surface area contributed by atoms with Crippen molar-refractivity contribution in [3.05, 3.63) is 58.6 Å². The Morgan fingerprint density at radius 3 is 2.48 bits per heavy atom. The summed E-state index contributed by atoms with van der Waals surface area (Å²) >= 11 is 5.88. The summed E-state index contributed by atoms with van der Waals surface area (Å²) in [6.45, 7) is 3.41. The minimum atomic E-state index is -3.57. The molecule has 0 atom stereocenters. The fourth-order valence-electron chi connectivity index (χ4n) is 4.25. The summed E-state index contributed by atoms with van der Waals surface area (Å²) in [5, 5.41) is 3.44. The highest BCUT2D eigenvalue weighted by Crippen LogP contribution is 2.32. The molecule has 2 heterocycles. The molecule has 2 aromatic carbocycles. The third-order valence-corrected chi connectivity index (χ3v) is 8.48. The van der Waals surface area contributed by atoms with Gasteiger partial charge in [0.2, 0.25) is 21.8 Å². The first-order valence-corrected chi connectivity index (χ1v) is 13.0. The van der Waals surface area contributed by atoms with Gasteiger partial charge in [0, 0.05) is 36.8 Å². The molecule has 2 amide bonds. The molecular weight excluding hydrogens is 462 g/mol. The van der Waals surface area contributed by atoms with Gasteiger partial charge in [0.05, 0.1) is 4.90 Å². The average Bonchev–Trinajstić information content (AvgIpc) is 2.80. The van der Waals surface area contributed by atoms with E-state index >= 15 is 0 Å². The Hall–Kier alpha value is -2.42. The van der Waals surface area contributed by atoms with E-state index in [1.54, 1.807) is 34.6 Å². The highest BCUT2D eigenvalue weighted by atomic mass is 35.5. The molecule has 0 radical (unpaired) electrons. The third-order valence-electron chi connectivity index (χ3n) is 6.34. The largest absolute Gasteiger partial charge is 0.350 e. The second-order valence-electron chi connectivity index (χ2n) is 8.76. The highest BCUT2D eigenvalue weighted by molar-refractivity contribution is 7.89. The van der Waals surface area contributed by atoms with Gasteiger partial charge in [-0.05, 0) is 66.6 Å². The van der Waals surface area contributed by atoms with Gasteiger partial charge in [-0.1, -0.05) is 30.7 Å². The molecule has 33 heavy (non-hydrogen) atoms. The highest BCUT2D eigenvalue weighted by Gasteiger charge is 2.31. The van der Waals surface area contributed by atoms with Gasteiger partial charge < -0.3 is 10.2 Å². The molecule has 2 aliphatic heterocycles. The molecule has 0 aliphatic carbocycles. The predicted octanol–water partition coefficient (Wildman–Crippen LogP) is 3.36. The Balaban J connectivity index is 1.47. The summed E-state index contributed by atoms with van der Waals surface area (Å²) in [5.74, 6) is 0.0976. The van der Waals surface area contributed by atoms with E-state index in [4.69, 9.17) is 11.6 Å². The first-order chi connectivity index (χ1) is 15.7. The fourth-order valence-corrected chi connectivity index (χ4v) is 5.89. The lowest BCUT2D eigenvalue weighted by Gasteiger charge is -2.31. The van der Waals surface area contributed by atoms with Crippen molar-refractivity contribution in [3.8, 4) is 0 Å². The molecule has 4 rings (SSSR count). The topological polar surface area (TPSA) is 86.8 Å². The summed E-state index contributed by atoms with van der Waals surface area (Å²) in [4.78, 5) is 26.8. The van der Waals surface area contributed by atoms with Crippen LogP contribution < -0.4 is 10.2 Å². The van der Waals surface area contributed by atoms with E-state index in [9.17, 15) is 18.0 Å². The first-order valence-electron chi connectivity index (χ1n) is 11.2. The zero-order chi connectivity index (χ0) is 23.6. The maximum atomic E-state index is 13.1. The average molecular weight is 490 g/mol. The number of piperidine rings is 1. The predicted molar refractivity (Wildman–Crippen MR) is 128 cm³/mol. The molecule has 0 bridgehead atoms. The summed E-state index contributed by atoms with van der Waals surface area (Å²) in [5.41, 5.74) is 2.27. The molecule has 176 valence electrons. The van der Waals surface area contributed by atoms with Crippen LogP contribution in [0.4, 0.5) is 5.69 Å². The van der Waals surface area contributed by atoms with Gasteiger partial charge in [-0.15, -0.1) is 0 Å². The van der Waals surface area contributed by atoms with E-state index in [2.05, 4.69) is 12.2 Å². The van der Waals surface area contributed by atoms with Gasteiger partial charge >= 0.3 is 0 Å². The Bertz CT molecular complexity index is 1140. The van der Waals surface area contributed by atoms with Gasteiger partial charge in [0.1, 0.15) is 6.54 Å². The van der Waals surface area contributed by atoms with Crippen molar-refractivity contribution in [3.63, 3.8) is 0 Å². The fraction of sp³-hybridized carbons (Fsp3) is 0.417. The number of nitrogens with zero attached hydrogens (tertiary/aromatic N) is 2. The lowest BCUT2D eigenvalue weighted by atomic mass is 10.0. The van der Waals surface area contributed by atoms with E-state index in [0.29, 0.717) is 42.7 Å². The molecule has 1 fully saturated rings. The van der Waals surface area contributed by atoms with Gasteiger partial charge in [0.25, 0.3) is 0 Å². The molecule has 0 saturated carbocycles. The normalized spacial score (nSPS) is 17.6. The van der Waals surface area contributed by atoms with Crippen LogP contribution in [0.3, 0.4) is 0 Å². The zero-order valence-electron chi connectivity index (χ0n) is 18.6. The number of halogens is 1. The molecule has 1 N–H and O–H groups in total. The van der Waals surface area contributed by atoms with Gasteiger partial charge in [-0.3, -0.25) is 9.59 Å². The minimum Gasteiger partial charge on any atom is -0.350 e. The number of carbonyl (C=O) groups excluding carboxylic acids is 2. The quantitative estimate of drug-likeness (QED) is 0.674. The van der Waals surface area contributed by atoms with Crippen molar-refractivity contribution < 1.29 is 18.0 Å². The number of rotatable bonds is 6. The molecule has 1 saturated heterocycles. The molecule has 9 heteroatoms. The van der Waals surface area contributed by atoms with Crippen LogP contribution in [0.1, 0.15) is 37.3 Å². The number of nitrogens with one attached hydrogen (secondary N) is 1. The maximum Gasteiger partial charge on any atom is 0.243 e. The van der Waals surface area contributed by atoms with E-state index in [1.807, 2.05) is 12.1 Å². The molecule has 2 aliphatic rings. The number of amides is 2. The van der Waals surface area contributed by atoms with Gasteiger partial charge in [-0.2, -0.15) is 4.31 Å². The Morgan fingerprint density at radius 1 is 1.09 bits per heavy atom. The maximum absolute atomic E-state index is 13.1. The third kappa shape index (κ3) is 5.39. The number of carbonyl (C=O) groups is 2. The van der Waals surface area contributed by atoms with E-state index < -0.39 is 10.0 Å². The summed E-state index contributed by atoms with van der Waals surface area (Å²) in [7, 11) is -3.57. The molecule has 0 spiro atoms. The van der Waals surface area contributed by atoms with Crippen LogP contribution in [0.15, 0.2) is 47.4 Å². The Labute approximate surface area is 199 Å². The lowest BCUT2D eigenvalue weighted by Crippen LogP contribution is -2.43. The monoisotopic (exact) mass is 489 g/mol. The molecule has 2 aromatic rings. The molecular formula is C24H28ClN3O4S. The Kier molecular flexibility index (Phi) is 7.07. The number of hydrogen-bond acceptors (Lipinski definition) is 4. The number of benzene rings is 2. The smallest absolute Gasteiger partial charge is 0.243 e. The van der Waals surface area contributed by atoms with E-state index in [0.717, 1.165) is 24.0 Å². The second-order valence-corrected chi connectivity index (χ2v) is 11.1. The molecule has 0 unspecified atom stereocenters. The van der Waals surface area contributed by atoms with Crippen molar-refractivity contribution in [2.75, 3.05) is 24.5 Å². The van der Waals surface area contributed by atoms with Crippen LogP contribution in [-0.2, 0) is 32.6 Å². The number of sulfonamides is 1. The van der Waals surface area contributed by atoms with Crippen molar-refractivity contribution in [2.24, 2.45) is 5.92 Å². The standard InChI is InChI=1S/C24H28ClN3O4S/c1-17-10-12-27(13-11-17)33(31,32)21-7-8-22-19(14-21)4-9-24(30)28(22)16-23(29)26-15-18-2-5-20(25)6-3-18/h2-3,5-8,14,17H,4,9-13,15-16H2,1H3,(H,26,29). The number of aryl methyl sites for hydroxylation is 1. The van der Waals surface area contributed by atoms with Crippen LogP contribution in [-0.4, -0.2) is 44.2 Å². The van der Waals surface area contributed by atoms with Crippen LogP contribution in [0.25, 0.3) is 0 Å². The van der Waals surface area contributed by atoms with Crippen molar-refractivity contribution in [1.29, 1.82) is 0 Å². The van der Waals surface area contributed by atoms with Gasteiger partial charge in [-0.25, -0.2) is 8.42 Å². The number of hydrogen-bond donors (Lipinski definition) is 1. The van der Waals surface area contributed by atoms with Crippen molar-refractivity contribution in [2.45, 2.75) is 44.0 Å². The van der Waals surface area contributed by atoms with Crippen LogP contribution in [0.5, 0.6) is 0 Å². The van der Waals surface area contributed by atoms with Crippen LogP contribution >= 0.6 is 11.6 Å². The molecule has 0 aromatic heterocycles. The van der Waals surface area contributed by atoms with Crippen LogP contribution in [0, 0.1) is 5.92 Å². The second kappa shape index (κ2) is 9.83. The zero-order valence-corrected chi connectivity index (χ0v) is 20.2. The van der Waals surface area contributed by atoms with E-state index in [-0.39, 0.29) is 29.7 Å². The number of anilines is 1. The minimum absolute atomic E-state index is 0.116. The SMILES string of the molecule is CC1CCN(S(=O)(=O)c2ccc3c(c2)CCC(=O)N3CC(=O)NCc2ccc(Cl)cc2)CC1. The Morgan fingerprint density at radius 2 is 1.79 bits per heavy atom. The van der Waals surface area contributed by atoms with Gasteiger partial charge in [0.15, 0.2) is 0 Å². The van der Waals surface area contributed by atoms with Crippen molar-refractivity contribution >= 4 is 39.1 Å². The summed E-state index contributed by atoms with van der Waals surface area (Å²) in [6.07, 6.45) is 2.41. The summed E-state index contributed by atoms with van der Waals surface area (Å²) in [6, 6.07) is 12.0. The van der Waals surface area contributed by atoms with E-state index in [1.165, 1.54) is 4.90 Å². The van der Waals surface area contributed by atoms with Crippen LogP contribution in [0.2, 0.25) is 5.02 Å². The lowest BCUT2D eigenvalue weighted by molar-refractivity contribution is -0.124. The first kappa shape index (κ1) is 23.7. The number of fused-ring (bicyclic) bond motifs is 1. The van der Waals surface area contributed by atoms with Crippen molar-refractivity contribution in [1.82, 2.24) is 9.62 Å². The molecule has 7 nitrogen and oxygen atoms in total. The summed E-state index contributed by atoms with van der Waals surface area (Å²) < 4.78 is 27.8.